The number of rotatable bonds is 7. The van der Waals surface area contributed by atoms with Crippen LogP contribution in [0.3, 0.4) is 0 Å². The fraction of sp³-hybridized carbons (Fsp3) is 0.923. The van der Waals surface area contributed by atoms with E-state index in [0.29, 0.717) is 18.4 Å². The third kappa shape index (κ3) is 6.03. The van der Waals surface area contributed by atoms with Gasteiger partial charge < -0.3 is 9.47 Å². The van der Waals surface area contributed by atoms with Crippen LogP contribution in [0.25, 0.3) is 0 Å². The van der Waals surface area contributed by atoms with Crippen LogP contribution in [0, 0.1) is 5.92 Å². The molecule has 0 aromatic carbocycles. The minimum atomic E-state index is -0.133. The predicted molar refractivity (Wildman–Crippen MR) is 66.9 cm³/mol. The number of hydrogen-bond acceptors (Lipinski definition) is 4. The molecule has 4 nitrogen and oxygen atoms in total. The first-order chi connectivity index (χ1) is 8.11. The van der Waals surface area contributed by atoms with Crippen molar-refractivity contribution >= 4 is 5.97 Å². The van der Waals surface area contributed by atoms with Crippen LogP contribution < -0.4 is 0 Å². The molecule has 1 heterocycles. The van der Waals surface area contributed by atoms with Gasteiger partial charge in [0, 0.05) is 26.2 Å². The Bertz CT molecular complexity index is 225. The van der Waals surface area contributed by atoms with E-state index in [4.69, 9.17) is 4.74 Å². The third-order valence-electron chi connectivity index (χ3n) is 2.97. The van der Waals surface area contributed by atoms with Gasteiger partial charge in [-0.3, -0.25) is 9.69 Å². The van der Waals surface area contributed by atoms with Crippen LogP contribution in [-0.2, 0) is 14.3 Å². The highest BCUT2D eigenvalue weighted by Crippen LogP contribution is 2.14. The summed E-state index contributed by atoms with van der Waals surface area (Å²) >= 11 is 0. The Morgan fingerprint density at radius 2 is 2.29 bits per heavy atom. The zero-order chi connectivity index (χ0) is 12.7. The molecule has 0 aromatic heterocycles. The Morgan fingerprint density at radius 1 is 1.53 bits per heavy atom. The molecule has 0 aliphatic carbocycles. The average molecular weight is 243 g/mol. The summed E-state index contributed by atoms with van der Waals surface area (Å²) in [5.74, 6) is 0.472. The minimum absolute atomic E-state index is 0.133. The molecule has 0 N–H and O–H groups in total. The van der Waals surface area contributed by atoms with E-state index in [1.54, 1.807) is 0 Å². The molecule has 1 fully saturated rings. The summed E-state index contributed by atoms with van der Waals surface area (Å²) in [4.78, 5) is 13.5. The van der Waals surface area contributed by atoms with E-state index in [-0.39, 0.29) is 5.97 Å². The molecule has 1 aliphatic heterocycles. The van der Waals surface area contributed by atoms with Crippen LogP contribution in [0.5, 0.6) is 0 Å². The zero-order valence-electron chi connectivity index (χ0n) is 11.3. The summed E-state index contributed by atoms with van der Waals surface area (Å²) in [6.07, 6.45) is 3.13. The molecule has 1 aliphatic rings. The molecule has 4 heteroatoms. The van der Waals surface area contributed by atoms with Crippen molar-refractivity contribution in [1.82, 2.24) is 4.90 Å². The second-order valence-electron chi connectivity index (χ2n) is 5.11. The van der Waals surface area contributed by atoms with Crippen molar-refractivity contribution < 1.29 is 14.3 Å². The number of nitrogens with zero attached hydrogens (tertiary/aromatic N) is 1. The molecule has 1 atom stereocenters. The Hall–Kier alpha value is -0.610. The summed E-state index contributed by atoms with van der Waals surface area (Å²) in [7, 11) is 1.44. The van der Waals surface area contributed by atoms with Crippen molar-refractivity contribution in [2.45, 2.75) is 39.2 Å². The minimum Gasteiger partial charge on any atom is -0.469 e. The van der Waals surface area contributed by atoms with Gasteiger partial charge in [0.15, 0.2) is 0 Å². The Morgan fingerprint density at radius 3 is 2.82 bits per heavy atom. The van der Waals surface area contributed by atoms with Crippen LogP contribution in [-0.4, -0.2) is 50.3 Å². The van der Waals surface area contributed by atoms with Gasteiger partial charge in [0.1, 0.15) is 0 Å². The topological polar surface area (TPSA) is 38.8 Å². The zero-order valence-corrected chi connectivity index (χ0v) is 11.3. The number of hydrogen-bond donors (Lipinski definition) is 0. The molecule has 0 bridgehead atoms. The van der Waals surface area contributed by atoms with E-state index in [1.165, 1.54) is 7.11 Å². The van der Waals surface area contributed by atoms with E-state index >= 15 is 0 Å². The monoisotopic (exact) mass is 243 g/mol. The van der Waals surface area contributed by atoms with Crippen molar-refractivity contribution in [3.8, 4) is 0 Å². The van der Waals surface area contributed by atoms with Crippen molar-refractivity contribution in [2.24, 2.45) is 5.92 Å². The highest BCUT2D eigenvalue weighted by molar-refractivity contribution is 5.69. The molecular weight excluding hydrogens is 218 g/mol. The Kier molecular flexibility index (Phi) is 6.52. The molecule has 0 spiro atoms. The first-order valence-electron chi connectivity index (χ1n) is 6.52. The Balaban J connectivity index is 2.33. The van der Waals surface area contributed by atoms with Gasteiger partial charge in [0.05, 0.1) is 19.6 Å². The lowest BCUT2D eigenvalue weighted by atomic mass is 10.1. The average Bonchev–Trinajstić information content (AvgIpc) is 2.77. The first kappa shape index (κ1) is 14.5. The van der Waals surface area contributed by atoms with E-state index in [0.717, 1.165) is 39.1 Å². The molecule has 1 unspecified atom stereocenters. The molecule has 1 saturated heterocycles. The lowest BCUT2D eigenvalue weighted by molar-refractivity contribution is -0.141. The maximum atomic E-state index is 11.2. The van der Waals surface area contributed by atoms with Crippen molar-refractivity contribution in [3.05, 3.63) is 0 Å². The lowest BCUT2D eigenvalue weighted by Crippen LogP contribution is -2.36. The Labute approximate surface area is 104 Å². The lowest BCUT2D eigenvalue weighted by Gasteiger charge is -2.26. The summed E-state index contributed by atoms with van der Waals surface area (Å²) in [6.45, 7) is 8.00. The van der Waals surface area contributed by atoms with E-state index < -0.39 is 0 Å². The number of esters is 1. The van der Waals surface area contributed by atoms with Gasteiger partial charge in [-0.25, -0.2) is 0 Å². The van der Waals surface area contributed by atoms with Crippen molar-refractivity contribution in [2.75, 3.05) is 33.4 Å². The van der Waals surface area contributed by atoms with Crippen molar-refractivity contribution in [1.29, 1.82) is 0 Å². The van der Waals surface area contributed by atoms with Crippen LogP contribution in [0.2, 0.25) is 0 Å². The highest BCUT2D eigenvalue weighted by atomic mass is 16.5. The van der Waals surface area contributed by atoms with Crippen LogP contribution >= 0.6 is 0 Å². The van der Waals surface area contributed by atoms with Gasteiger partial charge in [-0.15, -0.1) is 0 Å². The van der Waals surface area contributed by atoms with Crippen LogP contribution in [0.4, 0.5) is 0 Å². The normalized spacial score (nSPS) is 20.2. The largest absolute Gasteiger partial charge is 0.469 e. The molecule has 17 heavy (non-hydrogen) atoms. The number of ether oxygens (including phenoxy) is 2. The second-order valence-corrected chi connectivity index (χ2v) is 5.11. The van der Waals surface area contributed by atoms with E-state index in [9.17, 15) is 4.79 Å². The molecule has 0 aromatic rings. The molecule has 1 rings (SSSR count). The molecule has 0 amide bonds. The maximum Gasteiger partial charge on any atom is 0.306 e. The van der Waals surface area contributed by atoms with Gasteiger partial charge in [-0.2, -0.15) is 0 Å². The quantitative estimate of drug-likeness (QED) is 0.638. The van der Waals surface area contributed by atoms with Gasteiger partial charge in [0.2, 0.25) is 0 Å². The van der Waals surface area contributed by atoms with Gasteiger partial charge in [0.25, 0.3) is 0 Å². The number of methoxy groups -OCH3 is 1. The van der Waals surface area contributed by atoms with Gasteiger partial charge >= 0.3 is 5.97 Å². The fourth-order valence-corrected chi connectivity index (χ4v) is 2.20. The maximum absolute atomic E-state index is 11.2. The standard InChI is InChI=1S/C13H25NO3/c1-11(2)9-14(7-6-13(15)16-3)10-12-5-4-8-17-12/h11-12H,4-10H2,1-3H3. The number of carbonyl (C=O) groups excluding carboxylic acids is 1. The summed E-state index contributed by atoms with van der Waals surface area (Å²) in [6, 6.07) is 0. The highest BCUT2D eigenvalue weighted by Gasteiger charge is 2.20. The van der Waals surface area contributed by atoms with Gasteiger partial charge in [-0.05, 0) is 18.8 Å². The second kappa shape index (κ2) is 7.67. The third-order valence-corrected chi connectivity index (χ3v) is 2.97. The van der Waals surface area contributed by atoms with Gasteiger partial charge in [-0.1, -0.05) is 13.8 Å². The predicted octanol–water partition coefficient (Wildman–Crippen LogP) is 1.69. The fourth-order valence-electron chi connectivity index (χ4n) is 2.20. The smallest absolute Gasteiger partial charge is 0.306 e. The van der Waals surface area contributed by atoms with E-state index in [2.05, 4.69) is 23.5 Å². The van der Waals surface area contributed by atoms with Crippen LogP contribution in [0.15, 0.2) is 0 Å². The van der Waals surface area contributed by atoms with Crippen LogP contribution in [0.1, 0.15) is 33.1 Å². The molecular formula is C13H25NO3. The molecule has 0 radical (unpaired) electrons. The molecule has 0 saturated carbocycles. The summed E-state index contributed by atoms with van der Waals surface area (Å²) in [5.41, 5.74) is 0. The molecule has 100 valence electrons. The SMILES string of the molecule is COC(=O)CCN(CC(C)C)CC1CCCO1. The summed E-state index contributed by atoms with van der Waals surface area (Å²) < 4.78 is 10.3. The first-order valence-corrected chi connectivity index (χ1v) is 6.52. The number of carbonyl (C=O) groups is 1. The van der Waals surface area contributed by atoms with E-state index in [1.807, 2.05) is 0 Å². The van der Waals surface area contributed by atoms with Crippen molar-refractivity contribution in [3.63, 3.8) is 0 Å². The summed E-state index contributed by atoms with van der Waals surface area (Å²) in [5, 5.41) is 0.